The van der Waals surface area contributed by atoms with Crippen molar-refractivity contribution in [3.8, 4) is 11.5 Å². The highest BCUT2D eigenvalue weighted by Gasteiger charge is 2.30. The SMILES string of the molecule is CCOc1ccc(CN2CCCC(C)(CO)C2)cc1OC. The first-order valence-electron chi connectivity index (χ1n) is 7.73. The molecular weight excluding hydrogens is 266 g/mol. The Labute approximate surface area is 127 Å². The Kier molecular flexibility index (Phi) is 5.48. The van der Waals surface area contributed by atoms with Gasteiger partial charge in [0.15, 0.2) is 11.5 Å². The molecule has 1 saturated heterocycles. The van der Waals surface area contributed by atoms with Crippen molar-refractivity contribution in [2.75, 3.05) is 33.4 Å². The summed E-state index contributed by atoms with van der Waals surface area (Å²) in [5.74, 6) is 1.58. The van der Waals surface area contributed by atoms with Crippen LogP contribution in [0.2, 0.25) is 0 Å². The van der Waals surface area contributed by atoms with Crippen LogP contribution in [0.4, 0.5) is 0 Å². The Hall–Kier alpha value is -1.26. The number of hydrogen-bond donors (Lipinski definition) is 1. The molecule has 0 aromatic heterocycles. The van der Waals surface area contributed by atoms with Crippen molar-refractivity contribution in [2.45, 2.75) is 33.2 Å². The smallest absolute Gasteiger partial charge is 0.161 e. The van der Waals surface area contributed by atoms with Gasteiger partial charge in [-0.15, -0.1) is 0 Å². The summed E-state index contributed by atoms with van der Waals surface area (Å²) in [6.45, 7) is 7.95. The maximum atomic E-state index is 9.55. The number of hydrogen-bond acceptors (Lipinski definition) is 4. The monoisotopic (exact) mass is 293 g/mol. The zero-order valence-electron chi connectivity index (χ0n) is 13.4. The molecule has 1 heterocycles. The topological polar surface area (TPSA) is 41.9 Å². The summed E-state index contributed by atoms with van der Waals surface area (Å²) in [5, 5.41) is 9.55. The number of likely N-dealkylation sites (tertiary alicyclic amines) is 1. The predicted molar refractivity (Wildman–Crippen MR) is 83.9 cm³/mol. The molecule has 118 valence electrons. The van der Waals surface area contributed by atoms with Crippen LogP contribution >= 0.6 is 0 Å². The summed E-state index contributed by atoms with van der Waals surface area (Å²) < 4.78 is 11.0. The zero-order valence-corrected chi connectivity index (χ0v) is 13.4. The summed E-state index contributed by atoms with van der Waals surface area (Å²) >= 11 is 0. The highest BCUT2D eigenvalue weighted by atomic mass is 16.5. The molecule has 0 bridgehead atoms. The Balaban J connectivity index is 2.05. The van der Waals surface area contributed by atoms with Gasteiger partial charge in [-0.2, -0.15) is 0 Å². The highest BCUT2D eigenvalue weighted by molar-refractivity contribution is 5.42. The lowest BCUT2D eigenvalue weighted by molar-refractivity contribution is 0.0429. The first kappa shape index (κ1) is 16.1. The first-order chi connectivity index (χ1) is 10.1. The molecule has 1 aliphatic rings. The lowest BCUT2D eigenvalue weighted by atomic mass is 9.82. The minimum atomic E-state index is 0.0353. The van der Waals surface area contributed by atoms with Crippen LogP contribution in [0, 0.1) is 5.41 Å². The van der Waals surface area contributed by atoms with Crippen LogP contribution in [-0.4, -0.2) is 43.4 Å². The van der Waals surface area contributed by atoms with Crippen molar-refractivity contribution in [1.29, 1.82) is 0 Å². The van der Waals surface area contributed by atoms with Gasteiger partial charge in [-0.25, -0.2) is 0 Å². The molecule has 0 aliphatic carbocycles. The average molecular weight is 293 g/mol. The van der Waals surface area contributed by atoms with Gasteiger partial charge in [-0.05, 0) is 44.0 Å². The maximum Gasteiger partial charge on any atom is 0.161 e. The molecule has 0 spiro atoms. The van der Waals surface area contributed by atoms with Gasteiger partial charge in [0.1, 0.15) is 0 Å². The third-order valence-corrected chi connectivity index (χ3v) is 4.18. The van der Waals surface area contributed by atoms with Crippen LogP contribution in [0.15, 0.2) is 18.2 Å². The van der Waals surface area contributed by atoms with Crippen molar-refractivity contribution in [1.82, 2.24) is 4.90 Å². The molecule has 1 unspecified atom stereocenters. The quantitative estimate of drug-likeness (QED) is 0.875. The Morgan fingerprint density at radius 3 is 2.81 bits per heavy atom. The average Bonchev–Trinajstić information content (AvgIpc) is 2.49. The van der Waals surface area contributed by atoms with Gasteiger partial charge < -0.3 is 14.6 Å². The van der Waals surface area contributed by atoms with E-state index >= 15 is 0 Å². The van der Waals surface area contributed by atoms with Gasteiger partial charge in [0.05, 0.1) is 13.7 Å². The van der Waals surface area contributed by atoms with E-state index in [1.54, 1.807) is 7.11 Å². The van der Waals surface area contributed by atoms with Crippen molar-refractivity contribution in [3.05, 3.63) is 23.8 Å². The van der Waals surface area contributed by atoms with Gasteiger partial charge in [-0.3, -0.25) is 4.90 Å². The minimum Gasteiger partial charge on any atom is -0.493 e. The van der Waals surface area contributed by atoms with Crippen molar-refractivity contribution >= 4 is 0 Å². The largest absolute Gasteiger partial charge is 0.493 e. The second-order valence-corrected chi connectivity index (χ2v) is 6.20. The molecule has 1 aliphatic heterocycles. The summed E-state index contributed by atoms with van der Waals surface area (Å²) in [6.07, 6.45) is 2.25. The van der Waals surface area contributed by atoms with Crippen LogP contribution in [0.3, 0.4) is 0 Å². The number of aliphatic hydroxyl groups is 1. The predicted octanol–water partition coefficient (Wildman–Crippen LogP) is 2.69. The van der Waals surface area contributed by atoms with Gasteiger partial charge in [0.25, 0.3) is 0 Å². The fourth-order valence-electron chi connectivity index (χ4n) is 3.03. The lowest BCUT2D eigenvalue weighted by Gasteiger charge is -2.39. The number of piperidine rings is 1. The molecule has 0 saturated carbocycles. The summed E-state index contributed by atoms with van der Waals surface area (Å²) in [6, 6.07) is 6.13. The van der Waals surface area contributed by atoms with E-state index in [2.05, 4.69) is 24.0 Å². The van der Waals surface area contributed by atoms with Crippen LogP contribution < -0.4 is 9.47 Å². The van der Waals surface area contributed by atoms with Crippen LogP contribution in [0.25, 0.3) is 0 Å². The highest BCUT2D eigenvalue weighted by Crippen LogP contribution is 2.32. The number of rotatable bonds is 6. The molecule has 1 N–H and O–H groups in total. The molecule has 1 fully saturated rings. The molecule has 2 rings (SSSR count). The Morgan fingerprint density at radius 1 is 1.33 bits per heavy atom. The summed E-state index contributed by atoms with van der Waals surface area (Å²) in [4.78, 5) is 2.41. The number of benzene rings is 1. The number of nitrogens with zero attached hydrogens (tertiary/aromatic N) is 1. The molecule has 4 heteroatoms. The molecule has 4 nitrogen and oxygen atoms in total. The molecular formula is C17H27NO3. The fraction of sp³-hybridized carbons (Fsp3) is 0.647. The minimum absolute atomic E-state index is 0.0353. The molecule has 1 atom stereocenters. The van der Waals surface area contributed by atoms with Gasteiger partial charge in [-0.1, -0.05) is 13.0 Å². The maximum absolute atomic E-state index is 9.55. The van der Waals surface area contributed by atoms with E-state index in [-0.39, 0.29) is 12.0 Å². The standard InChI is InChI=1S/C17H27NO3/c1-4-21-15-7-6-14(10-16(15)20-3)11-18-9-5-8-17(2,12-18)13-19/h6-7,10,19H,4-5,8-9,11-13H2,1-3H3. The lowest BCUT2D eigenvalue weighted by Crippen LogP contribution is -2.43. The van der Waals surface area contributed by atoms with Crippen molar-refractivity contribution in [2.24, 2.45) is 5.41 Å². The Bertz CT molecular complexity index is 463. The molecule has 0 radical (unpaired) electrons. The zero-order chi connectivity index (χ0) is 15.3. The second kappa shape index (κ2) is 7.14. The van der Waals surface area contributed by atoms with Gasteiger partial charge >= 0.3 is 0 Å². The third kappa shape index (κ3) is 4.11. The molecule has 1 aromatic rings. The summed E-state index contributed by atoms with van der Waals surface area (Å²) in [7, 11) is 1.67. The second-order valence-electron chi connectivity index (χ2n) is 6.20. The number of aliphatic hydroxyl groups excluding tert-OH is 1. The van der Waals surface area contributed by atoms with E-state index in [9.17, 15) is 5.11 Å². The van der Waals surface area contributed by atoms with Crippen LogP contribution in [0.5, 0.6) is 11.5 Å². The van der Waals surface area contributed by atoms with Gasteiger partial charge in [0, 0.05) is 25.1 Å². The third-order valence-electron chi connectivity index (χ3n) is 4.18. The van der Waals surface area contributed by atoms with E-state index in [4.69, 9.17) is 9.47 Å². The normalized spacial score (nSPS) is 23.0. The summed E-state index contributed by atoms with van der Waals surface area (Å²) in [5.41, 5.74) is 1.26. The van der Waals surface area contributed by atoms with Crippen LogP contribution in [0.1, 0.15) is 32.3 Å². The van der Waals surface area contributed by atoms with E-state index in [1.165, 1.54) is 5.56 Å². The van der Waals surface area contributed by atoms with E-state index in [1.807, 2.05) is 13.0 Å². The van der Waals surface area contributed by atoms with E-state index < -0.39 is 0 Å². The molecule has 21 heavy (non-hydrogen) atoms. The molecule has 1 aromatic carbocycles. The number of ether oxygens (including phenoxy) is 2. The van der Waals surface area contributed by atoms with E-state index in [0.29, 0.717) is 6.61 Å². The Morgan fingerprint density at radius 2 is 2.14 bits per heavy atom. The fourth-order valence-corrected chi connectivity index (χ4v) is 3.03. The van der Waals surface area contributed by atoms with Gasteiger partial charge in [0.2, 0.25) is 0 Å². The number of methoxy groups -OCH3 is 1. The molecule has 0 amide bonds. The van der Waals surface area contributed by atoms with Crippen molar-refractivity contribution in [3.63, 3.8) is 0 Å². The first-order valence-corrected chi connectivity index (χ1v) is 7.73. The van der Waals surface area contributed by atoms with Crippen molar-refractivity contribution < 1.29 is 14.6 Å². The van der Waals surface area contributed by atoms with Crippen LogP contribution in [-0.2, 0) is 6.54 Å². The van der Waals surface area contributed by atoms with E-state index in [0.717, 1.165) is 44.0 Å².